The summed E-state index contributed by atoms with van der Waals surface area (Å²) in [5.41, 5.74) is 2.49. The lowest BCUT2D eigenvalue weighted by molar-refractivity contribution is -0.136. The highest BCUT2D eigenvalue weighted by Crippen LogP contribution is 2.31. The first-order chi connectivity index (χ1) is 16.0. The zero-order chi connectivity index (χ0) is 23.2. The minimum atomic E-state index is -0.302. The van der Waals surface area contributed by atoms with Gasteiger partial charge in [-0.05, 0) is 37.0 Å². The third-order valence-corrected chi connectivity index (χ3v) is 6.13. The molecule has 1 aromatic heterocycles. The van der Waals surface area contributed by atoms with Crippen molar-refractivity contribution in [2.75, 3.05) is 13.1 Å². The number of hydrogen-bond acceptors (Lipinski definition) is 3. The SMILES string of the molecule is CC(=O)N(CCC(=O)N1CCCCC1c1ncc(-c2cccc(F)c2)[nH]1)Cc1ccccc1. The molecule has 1 fully saturated rings. The van der Waals surface area contributed by atoms with Crippen LogP contribution in [0, 0.1) is 5.82 Å². The van der Waals surface area contributed by atoms with Gasteiger partial charge in [0.15, 0.2) is 0 Å². The molecular formula is C26H29FN4O2. The molecule has 4 rings (SSSR count). The van der Waals surface area contributed by atoms with Crippen molar-refractivity contribution in [1.82, 2.24) is 19.8 Å². The van der Waals surface area contributed by atoms with E-state index in [0.717, 1.165) is 41.9 Å². The number of hydrogen-bond donors (Lipinski definition) is 1. The molecule has 7 heteroatoms. The smallest absolute Gasteiger partial charge is 0.224 e. The molecule has 0 radical (unpaired) electrons. The van der Waals surface area contributed by atoms with Crippen LogP contribution in [0.15, 0.2) is 60.8 Å². The summed E-state index contributed by atoms with van der Waals surface area (Å²) < 4.78 is 13.6. The molecule has 0 aliphatic carbocycles. The molecule has 1 unspecified atom stereocenters. The maximum absolute atomic E-state index is 13.6. The molecule has 1 aliphatic heterocycles. The second-order valence-corrected chi connectivity index (χ2v) is 8.47. The minimum Gasteiger partial charge on any atom is -0.340 e. The summed E-state index contributed by atoms with van der Waals surface area (Å²) >= 11 is 0. The van der Waals surface area contributed by atoms with E-state index in [-0.39, 0.29) is 30.1 Å². The van der Waals surface area contributed by atoms with Crippen molar-refractivity contribution < 1.29 is 14.0 Å². The van der Waals surface area contributed by atoms with Crippen LogP contribution < -0.4 is 0 Å². The number of imidazole rings is 1. The van der Waals surface area contributed by atoms with Gasteiger partial charge in [-0.15, -0.1) is 0 Å². The molecule has 0 spiro atoms. The summed E-state index contributed by atoms with van der Waals surface area (Å²) in [6.07, 6.45) is 4.74. The number of nitrogens with zero attached hydrogens (tertiary/aromatic N) is 3. The molecule has 1 N–H and O–H groups in total. The fourth-order valence-corrected chi connectivity index (χ4v) is 4.35. The third kappa shape index (κ3) is 5.66. The number of amides is 2. The first kappa shape index (κ1) is 22.7. The number of aromatic nitrogens is 2. The van der Waals surface area contributed by atoms with Crippen LogP contribution in [0.3, 0.4) is 0 Å². The minimum absolute atomic E-state index is 0.0164. The highest BCUT2D eigenvalue weighted by atomic mass is 19.1. The topological polar surface area (TPSA) is 69.3 Å². The Morgan fingerprint density at radius 3 is 2.73 bits per heavy atom. The van der Waals surface area contributed by atoms with Crippen molar-refractivity contribution in [3.63, 3.8) is 0 Å². The Balaban J connectivity index is 1.43. The van der Waals surface area contributed by atoms with E-state index in [9.17, 15) is 14.0 Å². The number of nitrogens with one attached hydrogen (secondary N) is 1. The second kappa shape index (κ2) is 10.4. The van der Waals surface area contributed by atoms with E-state index in [1.165, 1.54) is 19.1 Å². The number of benzene rings is 2. The largest absolute Gasteiger partial charge is 0.340 e. The van der Waals surface area contributed by atoms with Crippen molar-refractivity contribution in [3.8, 4) is 11.3 Å². The molecule has 172 valence electrons. The van der Waals surface area contributed by atoms with Gasteiger partial charge in [0.05, 0.1) is 17.9 Å². The summed E-state index contributed by atoms with van der Waals surface area (Å²) in [7, 11) is 0. The molecular weight excluding hydrogens is 419 g/mol. The van der Waals surface area contributed by atoms with Gasteiger partial charge in [-0.1, -0.05) is 42.5 Å². The number of rotatable bonds is 7. The van der Waals surface area contributed by atoms with Crippen molar-refractivity contribution in [2.24, 2.45) is 0 Å². The van der Waals surface area contributed by atoms with E-state index in [2.05, 4.69) is 9.97 Å². The van der Waals surface area contributed by atoms with Crippen molar-refractivity contribution >= 4 is 11.8 Å². The summed E-state index contributed by atoms with van der Waals surface area (Å²) in [6.45, 7) is 3.06. The summed E-state index contributed by atoms with van der Waals surface area (Å²) in [6, 6.07) is 16.0. The monoisotopic (exact) mass is 448 g/mol. The fourth-order valence-electron chi connectivity index (χ4n) is 4.35. The number of carbonyl (C=O) groups is 2. The molecule has 1 saturated heterocycles. The number of piperidine rings is 1. The van der Waals surface area contributed by atoms with E-state index >= 15 is 0 Å². The molecule has 2 amide bonds. The highest BCUT2D eigenvalue weighted by Gasteiger charge is 2.30. The zero-order valence-electron chi connectivity index (χ0n) is 18.8. The Bertz CT molecular complexity index is 1100. The predicted octanol–water partition coefficient (Wildman–Crippen LogP) is 4.71. The van der Waals surface area contributed by atoms with E-state index in [1.807, 2.05) is 41.3 Å². The lowest BCUT2D eigenvalue weighted by Gasteiger charge is -2.35. The van der Waals surface area contributed by atoms with Crippen molar-refractivity contribution in [2.45, 2.75) is 45.2 Å². The van der Waals surface area contributed by atoms with Gasteiger partial charge in [0.2, 0.25) is 11.8 Å². The van der Waals surface area contributed by atoms with E-state index < -0.39 is 0 Å². The fraction of sp³-hybridized carbons (Fsp3) is 0.346. The van der Waals surface area contributed by atoms with Gasteiger partial charge >= 0.3 is 0 Å². The van der Waals surface area contributed by atoms with Gasteiger partial charge in [0, 0.05) is 38.5 Å². The van der Waals surface area contributed by atoms with Crippen molar-refractivity contribution in [3.05, 3.63) is 78.0 Å². The molecule has 1 aliphatic rings. The van der Waals surface area contributed by atoms with Crippen LogP contribution in [0.1, 0.15) is 50.0 Å². The molecule has 6 nitrogen and oxygen atoms in total. The van der Waals surface area contributed by atoms with Gasteiger partial charge in [0.25, 0.3) is 0 Å². The first-order valence-electron chi connectivity index (χ1n) is 11.4. The average molecular weight is 449 g/mol. The van der Waals surface area contributed by atoms with Gasteiger partial charge in [-0.2, -0.15) is 0 Å². The Labute approximate surface area is 193 Å². The normalized spacial score (nSPS) is 15.9. The molecule has 3 aromatic rings. The lowest BCUT2D eigenvalue weighted by Crippen LogP contribution is -2.41. The number of carbonyl (C=O) groups excluding carboxylic acids is 2. The van der Waals surface area contributed by atoms with Gasteiger partial charge in [-0.25, -0.2) is 9.37 Å². The Hall–Kier alpha value is -3.48. The number of halogens is 1. The molecule has 2 heterocycles. The molecule has 0 saturated carbocycles. The van der Waals surface area contributed by atoms with Crippen LogP contribution in [0.5, 0.6) is 0 Å². The van der Waals surface area contributed by atoms with Gasteiger partial charge in [-0.3, -0.25) is 9.59 Å². The maximum atomic E-state index is 13.6. The predicted molar refractivity (Wildman–Crippen MR) is 124 cm³/mol. The van der Waals surface area contributed by atoms with Crippen LogP contribution >= 0.6 is 0 Å². The van der Waals surface area contributed by atoms with Gasteiger partial charge < -0.3 is 14.8 Å². The Morgan fingerprint density at radius 2 is 1.97 bits per heavy atom. The maximum Gasteiger partial charge on any atom is 0.224 e. The summed E-state index contributed by atoms with van der Waals surface area (Å²) in [5, 5.41) is 0. The van der Waals surface area contributed by atoms with Crippen LogP contribution in [-0.4, -0.2) is 44.7 Å². The summed E-state index contributed by atoms with van der Waals surface area (Å²) in [5.74, 6) is 0.383. The summed E-state index contributed by atoms with van der Waals surface area (Å²) in [4.78, 5) is 36.7. The van der Waals surface area contributed by atoms with E-state index in [1.54, 1.807) is 17.2 Å². The van der Waals surface area contributed by atoms with Gasteiger partial charge in [0.1, 0.15) is 11.6 Å². The van der Waals surface area contributed by atoms with Crippen LogP contribution in [0.25, 0.3) is 11.3 Å². The molecule has 0 bridgehead atoms. The lowest BCUT2D eigenvalue weighted by atomic mass is 10.0. The molecule has 1 atom stereocenters. The first-order valence-corrected chi connectivity index (χ1v) is 11.4. The standard InChI is InChI=1S/C26H29FN4O2/c1-19(32)30(18-20-8-3-2-4-9-20)15-13-25(33)31-14-6-5-12-24(31)26-28-17-23(29-26)21-10-7-11-22(27)16-21/h2-4,7-11,16-17,24H,5-6,12-15,18H2,1H3,(H,28,29). The van der Waals surface area contributed by atoms with Crippen LogP contribution in [0.4, 0.5) is 4.39 Å². The number of aromatic amines is 1. The molecule has 2 aromatic carbocycles. The quantitative estimate of drug-likeness (QED) is 0.569. The molecule has 33 heavy (non-hydrogen) atoms. The van der Waals surface area contributed by atoms with E-state index in [4.69, 9.17) is 0 Å². The Kier molecular flexibility index (Phi) is 7.17. The number of H-pyrrole nitrogens is 1. The third-order valence-electron chi connectivity index (χ3n) is 6.13. The zero-order valence-corrected chi connectivity index (χ0v) is 18.8. The van der Waals surface area contributed by atoms with Crippen LogP contribution in [-0.2, 0) is 16.1 Å². The van der Waals surface area contributed by atoms with Crippen molar-refractivity contribution in [1.29, 1.82) is 0 Å². The Morgan fingerprint density at radius 1 is 1.15 bits per heavy atom. The van der Waals surface area contributed by atoms with E-state index in [0.29, 0.717) is 19.6 Å². The number of likely N-dealkylation sites (tertiary alicyclic amines) is 1. The highest BCUT2D eigenvalue weighted by molar-refractivity contribution is 5.78. The average Bonchev–Trinajstić information content (AvgIpc) is 3.32. The second-order valence-electron chi connectivity index (χ2n) is 8.47. The van der Waals surface area contributed by atoms with Crippen LogP contribution in [0.2, 0.25) is 0 Å².